The molecule has 20 heavy (non-hydrogen) atoms. The van der Waals surface area contributed by atoms with Gasteiger partial charge in [-0.05, 0) is 27.7 Å². The first kappa shape index (κ1) is 15.0. The topological polar surface area (TPSA) is 40.6 Å². The second-order valence-corrected chi connectivity index (χ2v) is 5.72. The summed E-state index contributed by atoms with van der Waals surface area (Å²) in [5.74, 6) is 1.60. The first-order valence-corrected chi connectivity index (χ1v) is 6.48. The number of nitrogens with zero attached hydrogens (tertiary/aromatic N) is 1. The molecule has 1 aromatic rings. The smallest absolute Gasteiger partial charge is 0.487 e. The molecule has 4 nitrogen and oxygen atoms in total. The van der Waals surface area contributed by atoms with Crippen molar-refractivity contribution in [3.05, 3.63) is 29.7 Å². The van der Waals surface area contributed by atoms with Crippen molar-refractivity contribution in [2.45, 2.75) is 38.9 Å². The average molecular weight is 279 g/mol. The molecule has 0 bridgehead atoms. The predicted molar refractivity (Wildman–Crippen MR) is 75.9 cm³/mol. The Morgan fingerprint density at radius 1 is 1.20 bits per heavy atom. The van der Waals surface area contributed by atoms with Gasteiger partial charge in [0.05, 0.1) is 36.3 Å². The van der Waals surface area contributed by atoms with E-state index in [1.807, 2.05) is 27.7 Å². The van der Waals surface area contributed by atoms with Gasteiger partial charge >= 0.3 is 7.12 Å². The molecule has 0 atom stereocenters. The maximum absolute atomic E-state index is 13.7. The van der Waals surface area contributed by atoms with Crippen molar-refractivity contribution in [2.24, 2.45) is 0 Å². The molecule has 1 fully saturated rings. The molecular formula is C14H19BFNO3. The van der Waals surface area contributed by atoms with E-state index in [-0.39, 0.29) is 0 Å². The normalized spacial score (nSPS) is 20.6. The third-order valence-corrected chi connectivity index (χ3v) is 3.81. The maximum Gasteiger partial charge on any atom is 0.487 e. The van der Waals surface area contributed by atoms with Crippen molar-refractivity contribution in [3.63, 3.8) is 0 Å². The lowest BCUT2D eigenvalue weighted by Crippen LogP contribution is -2.41. The summed E-state index contributed by atoms with van der Waals surface area (Å²) in [5, 5.41) is 0. The Balaban J connectivity index is 2.20. The van der Waals surface area contributed by atoms with Crippen LogP contribution in [-0.2, 0) is 9.31 Å². The Morgan fingerprint density at radius 2 is 1.80 bits per heavy atom. The lowest BCUT2D eigenvalue weighted by atomic mass is 9.89. The predicted octanol–water partition coefficient (Wildman–Crippen LogP) is 2.87. The molecule has 0 aliphatic carbocycles. The summed E-state index contributed by atoms with van der Waals surface area (Å²) in [7, 11) is 0.958. The summed E-state index contributed by atoms with van der Waals surface area (Å²) in [6, 6.07) is 0. The standard InChI is InChI=1S/C14H19BFNO3/c1-13(2)14(3,4)20-15(19-13)7-6-10-11(16)8-17-9-12(10)18-5/h6-9H,1-5H3/b7-6+. The highest BCUT2D eigenvalue weighted by Crippen LogP contribution is 2.37. The molecule has 0 N–H and O–H groups in total. The van der Waals surface area contributed by atoms with E-state index in [0.717, 1.165) is 6.20 Å². The summed E-state index contributed by atoms with van der Waals surface area (Å²) in [6.45, 7) is 7.87. The third kappa shape index (κ3) is 2.71. The zero-order valence-corrected chi connectivity index (χ0v) is 12.4. The first-order valence-electron chi connectivity index (χ1n) is 6.48. The average Bonchev–Trinajstić information content (AvgIpc) is 2.56. The number of hydrogen-bond donors (Lipinski definition) is 0. The second kappa shape index (κ2) is 5.18. The molecule has 2 rings (SSSR count). The fourth-order valence-electron chi connectivity index (χ4n) is 1.89. The summed E-state index contributed by atoms with van der Waals surface area (Å²) in [4.78, 5) is 3.75. The summed E-state index contributed by atoms with van der Waals surface area (Å²) >= 11 is 0. The summed E-state index contributed by atoms with van der Waals surface area (Å²) in [5.41, 5.74) is -0.497. The molecule has 0 radical (unpaired) electrons. The van der Waals surface area contributed by atoms with Gasteiger partial charge in [0.2, 0.25) is 0 Å². The highest BCUT2D eigenvalue weighted by molar-refractivity contribution is 6.52. The number of halogens is 1. The zero-order valence-electron chi connectivity index (χ0n) is 12.4. The van der Waals surface area contributed by atoms with Crippen molar-refractivity contribution in [2.75, 3.05) is 7.11 Å². The lowest BCUT2D eigenvalue weighted by Gasteiger charge is -2.32. The molecule has 0 amide bonds. The van der Waals surface area contributed by atoms with Crippen molar-refractivity contribution in [1.29, 1.82) is 0 Å². The minimum absolute atomic E-state index is 0.331. The van der Waals surface area contributed by atoms with Crippen LogP contribution < -0.4 is 4.74 Å². The van der Waals surface area contributed by atoms with Gasteiger partial charge in [0, 0.05) is 0 Å². The Morgan fingerprint density at radius 3 is 2.35 bits per heavy atom. The zero-order chi connectivity index (χ0) is 15.0. The van der Waals surface area contributed by atoms with Crippen LogP contribution in [0.1, 0.15) is 33.3 Å². The van der Waals surface area contributed by atoms with Gasteiger partial charge in [0.1, 0.15) is 5.75 Å². The number of rotatable bonds is 3. The molecule has 6 heteroatoms. The molecule has 0 saturated carbocycles. The van der Waals surface area contributed by atoms with Crippen LogP contribution in [0.25, 0.3) is 6.08 Å². The van der Waals surface area contributed by atoms with Gasteiger partial charge in [0.15, 0.2) is 5.82 Å². The van der Waals surface area contributed by atoms with Gasteiger partial charge in [-0.1, -0.05) is 12.1 Å². The van der Waals surface area contributed by atoms with Gasteiger partial charge in [-0.15, -0.1) is 0 Å². The summed E-state index contributed by atoms with van der Waals surface area (Å²) < 4.78 is 30.5. The van der Waals surface area contributed by atoms with E-state index in [4.69, 9.17) is 14.0 Å². The molecule has 0 aromatic carbocycles. The molecule has 1 saturated heterocycles. The van der Waals surface area contributed by atoms with Gasteiger partial charge in [-0.2, -0.15) is 0 Å². The van der Waals surface area contributed by atoms with Crippen molar-refractivity contribution in [1.82, 2.24) is 4.98 Å². The monoisotopic (exact) mass is 279 g/mol. The van der Waals surface area contributed by atoms with Crippen LogP contribution in [-0.4, -0.2) is 30.4 Å². The maximum atomic E-state index is 13.7. The van der Waals surface area contributed by atoms with E-state index in [2.05, 4.69) is 4.98 Å². The lowest BCUT2D eigenvalue weighted by molar-refractivity contribution is 0.00578. The van der Waals surface area contributed by atoms with Crippen molar-refractivity contribution < 1.29 is 18.4 Å². The number of hydrogen-bond acceptors (Lipinski definition) is 4. The van der Waals surface area contributed by atoms with Crippen LogP contribution in [0.5, 0.6) is 5.75 Å². The van der Waals surface area contributed by atoms with Crippen LogP contribution in [0.15, 0.2) is 18.4 Å². The van der Waals surface area contributed by atoms with E-state index >= 15 is 0 Å². The molecule has 108 valence electrons. The Labute approximate surface area is 119 Å². The second-order valence-electron chi connectivity index (χ2n) is 5.72. The van der Waals surface area contributed by atoms with Gasteiger partial charge < -0.3 is 14.0 Å². The molecule has 0 spiro atoms. The SMILES string of the molecule is COc1cncc(F)c1/C=C/B1OC(C)(C)C(C)(C)O1. The highest BCUT2D eigenvalue weighted by atomic mass is 19.1. The minimum Gasteiger partial charge on any atom is -0.494 e. The quantitative estimate of drug-likeness (QED) is 0.798. The Kier molecular flexibility index (Phi) is 3.89. The number of aromatic nitrogens is 1. The van der Waals surface area contributed by atoms with Crippen LogP contribution in [0.2, 0.25) is 0 Å². The van der Waals surface area contributed by atoms with Crippen LogP contribution in [0.3, 0.4) is 0 Å². The van der Waals surface area contributed by atoms with Crippen LogP contribution in [0.4, 0.5) is 4.39 Å². The largest absolute Gasteiger partial charge is 0.494 e. The molecule has 2 heterocycles. The minimum atomic E-state index is -0.516. The summed E-state index contributed by atoms with van der Waals surface area (Å²) in [6.07, 6.45) is 4.21. The fourth-order valence-corrected chi connectivity index (χ4v) is 1.89. The van der Waals surface area contributed by atoms with Crippen LogP contribution >= 0.6 is 0 Å². The van der Waals surface area contributed by atoms with Crippen molar-refractivity contribution in [3.8, 4) is 5.75 Å². The van der Waals surface area contributed by atoms with E-state index in [0.29, 0.717) is 11.3 Å². The van der Waals surface area contributed by atoms with Gasteiger partial charge in [-0.3, -0.25) is 4.98 Å². The number of pyridine rings is 1. The molecule has 0 unspecified atom stereocenters. The van der Waals surface area contributed by atoms with Gasteiger partial charge in [-0.25, -0.2) is 4.39 Å². The molecular weight excluding hydrogens is 260 g/mol. The van der Waals surface area contributed by atoms with Crippen LogP contribution in [0, 0.1) is 5.82 Å². The van der Waals surface area contributed by atoms with E-state index < -0.39 is 24.1 Å². The third-order valence-electron chi connectivity index (χ3n) is 3.81. The molecule has 1 aromatic heterocycles. The van der Waals surface area contributed by atoms with E-state index in [1.54, 1.807) is 12.1 Å². The number of methoxy groups -OCH3 is 1. The highest BCUT2D eigenvalue weighted by Gasteiger charge is 2.50. The number of ether oxygens (including phenoxy) is 1. The fraction of sp³-hybridized carbons (Fsp3) is 0.500. The van der Waals surface area contributed by atoms with Crippen molar-refractivity contribution >= 4 is 13.2 Å². The first-order chi connectivity index (χ1) is 9.27. The van der Waals surface area contributed by atoms with E-state index in [1.165, 1.54) is 13.3 Å². The Bertz CT molecular complexity index is 515. The van der Waals surface area contributed by atoms with E-state index in [9.17, 15) is 4.39 Å². The Hall–Kier alpha value is -1.40. The molecule has 1 aliphatic rings. The van der Waals surface area contributed by atoms with Gasteiger partial charge in [0.25, 0.3) is 0 Å². The molecule has 1 aliphatic heterocycles.